The minimum absolute atomic E-state index is 0.00251. The summed E-state index contributed by atoms with van der Waals surface area (Å²) in [5.74, 6) is -0.448. The molecule has 260 valence electrons. The number of carbonyl (C=O) groups excluding carboxylic acids is 4. The van der Waals surface area contributed by atoms with Crippen molar-refractivity contribution >= 4 is 23.8 Å². The van der Waals surface area contributed by atoms with Crippen LogP contribution in [-0.2, 0) is 23.9 Å². The predicted octanol–water partition coefficient (Wildman–Crippen LogP) is 3.43. The summed E-state index contributed by atoms with van der Waals surface area (Å²) in [4.78, 5) is 60.4. The van der Waals surface area contributed by atoms with E-state index < -0.39 is 41.6 Å². The van der Waals surface area contributed by atoms with Crippen LogP contribution in [0, 0.1) is 0 Å². The number of nitrogens with one attached hydrogen (secondary N) is 2. The first-order valence-corrected chi connectivity index (χ1v) is 16.9. The molecule has 5 rings (SSSR count). The number of likely N-dealkylation sites (N-methyl/N-ethyl adjacent to an activating group) is 1. The largest absolute Gasteiger partial charge is 0.493 e. The average molecular weight is 664 g/mol. The lowest BCUT2D eigenvalue weighted by atomic mass is 9.98. The maximum atomic E-state index is 14.7. The highest BCUT2D eigenvalue weighted by Crippen LogP contribution is 2.33. The molecule has 2 N–H and O–H groups in total. The molecule has 48 heavy (non-hydrogen) atoms. The first-order valence-electron chi connectivity index (χ1n) is 16.9. The molecule has 4 amide bonds. The van der Waals surface area contributed by atoms with E-state index in [1.165, 1.54) is 11.9 Å². The third-order valence-electron chi connectivity index (χ3n) is 9.25. The van der Waals surface area contributed by atoms with Crippen molar-refractivity contribution in [3.63, 3.8) is 0 Å². The van der Waals surface area contributed by atoms with Gasteiger partial charge in [-0.05, 0) is 52.7 Å². The van der Waals surface area contributed by atoms with Crippen LogP contribution in [0.2, 0.25) is 0 Å². The molecular weight excluding hydrogens is 614 g/mol. The Hall–Kier alpha value is -4.16. The number of rotatable bonds is 9. The fourth-order valence-electron chi connectivity index (χ4n) is 6.64. The molecule has 0 saturated carbocycles. The molecule has 0 radical (unpaired) electrons. The number of nitrogens with zero attached hydrogens (tertiary/aromatic N) is 3. The van der Waals surface area contributed by atoms with Gasteiger partial charge in [0.1, 0.15) is 29.5 Å². The molecule has 2 saturated heterocycles. The Labute approximate surface area is 283 Å². The zero-order valence-corrected chi connectivity index (χ0v) is 28.8. The average Bonchev–Trinajstić information content (AvgIpc) is 3.46. The number of carbonyl (C=O) groups is 4. The summed E-state index contributed by atoms with van der Waals surface area (Å²) >= 11 is 0. The van der Waals surface area contributed by atoms with E-state index in [2.05, 4.69) is 15.5 Å². The second-order valence-corrected chi connectivity index (χ2v) is 13.8. The van der Waals surface area contributed by atoms with Gasteiger partial charge in [-0.2, -0.15) is 0 Å². The third-order valence-corrected chi connectivity index (χ3v) is 9.25. The van der Waals surface area contributed by atoms with Crippen LogP contribution in [0.3, 0.4) is 0 Å². The molecule has 0 aromatic heterocycles. The fourth-order valence-corrected chi connectivity index (χ4v) is 6.64. The summed E-state index contributed by atoms with van der Waals surface area (Å²) in [6.45, 7) is 11.2. The van der Waals surface area contributed by atoms with Gasteiger partial charge in [0, 0.05) is 51.3 Å². The fraction of sp³-hybridized carbons (Fsp3) is 0.556. The summed E-state index contributed by atoms with van der Waals surface area (Å²) in [5, 5.41) is 6.12. The maximum absolute atomic E-state index is 14.7. The van der Waals surface area contributed by atoms with Gasteiger partial charge in [-0.1, -0.05) is 48.5 Å². The molecule has 2 fully saturated rings. The number of piperazine rings is 1. The van der Waals surface area contributed by atoms with Gasteiger partial charge in [0.05, 0.1) is 18.8 Å². The molecule has 3 aliphatic rings. The summed E-state index contributed by atoms with van der Waals surface area (Å²) in [6, 6.07) is 13.5. The Balaban J connectivity index is 1.41. The molecule has 2 aromatic rings. The van der Waals surface area contributed by atoms with E-state index in [0.717, 1.165) is 17.7 Å². The van der Waals surface area contributed by atoms with Gasteiger partial charge in [-0.25, -0.2) is 4.79 Å². The van der Waals surface area contributed by atoms with E-state index in [-0.39, 0.29) is 24.1 Å². The van der Waals surface area contributed by atoms with Crippen molar-refractivity contribution in [2.24, 2.45) is 0 Å². The third kappa shape index (κ3) is 8.10. The second kappa shape index (κ2) is 14.9. The van der Waals surface area contributed by atoms with Gasteiger partial charge >= 0.3 is 6.09 Å². The minimum atomic E-state index is -1.09. The number of amides is 4. The highest BCUT2D eigenvalue weighted by molar-refractivity contribution is 5.94. The molecule has 0 bridgehead atoms. The van der Waals surface area contributed by atoms with Crippen molar-refractivity contribution in [3.8, 4) is 5.75 Å². The lowest BCUT2D eigenvalue weighted by molar-refractivity contribution is -0.148. The van der Waals surface area contributed by atoms with Crippen molar-refractivity contribution < 1.29 is 33.4 Å². The first kappa shape index (κ1) is 35.2. The Bertz CT molecular complexity index is 1460. The zero-order chi connectivity index (χ0) is 34.6. The van der Waals surface area contributed by atoms with Gasteiger partial charge in [0.2, 0.25) is 11.8 Å². The number of hydrogen-bond acceptors (Lipinski definition) is 8. The van der Waals surface area contributed by atoms with Crippen LogP contribution < -0.4 is 15.4 Å². The van der Waals surface area contributed by atoms with Gasteiger partial charge < -0.3 is 29.7 Å². The van der Waals surface area contributed by atoms with Crippen molar-refractivity contribution in [2.45, 2.75) is 89.4 Å². The van der Waals surface area contributed by atoms with E-state index >= 15 is 0 Å². The number of benzene rings is 2. The van der Waals surface area contributed by atoms with Crippen LogP contribution in [0.25, 0.3) is 0 Å². The van der Waals surface area contributed by atoms with Crippen molar-refractivity contribution in [1.29, 1.82) is 0 Å². The molecule has 12 nitrogen and oxygen atoms in total. The number of hydrogen-bond donors (Lipinski definition) is 2. The van der Waals surface area contributed by atoms with Crippen molar-refractivity contribution in [1.82, 2.24) is 25.3 Å². The second-order valence-electron chi connectivity index (χ2n) is 13.8. The smallest absolute Gasteiger partial charge is 0.410 e. The Morgan fingerprint density at radius 2 is 1.73 bits per heavy atom. The predicted molar refractivity (Wildman–Crippen MR) is 179 cm³/mol. The lowest BCUT2D eigenvalue weighted by Gasteiger charge is -2.44. The van der Waals surface area contributed by atoms with E-state index in [4.69, 9.17) is 14.2 Å². The SMILES string of the molecule is CCO[C@@H]1C[C@@H]2CN(C(=O)[C@@H](NC(=O)[C@H](C)N(C)C(=O)OC(C)(C)C)c3ccccc3)[C@H](C(=O)N[C@@H]3CCOc4ccccc43)CN2C1. The van der Waals surface area contributed by atoms with Crippen molar-refractivity contribution in [2.75, 3.05) is 39.9 Å². The van der Waals surface area contributed by atoms with Crippen LogP contribution in [0.5, 0.6) is 5.75 Å². The Morgan fingerprint density at radius 1 is 1.02 bits per heavy atom. The quantitative estimate of drug-likeness (QED) is 0.418. The molecule has 2 aromatic carbocycles. The van der Waals surface area contributed by atoms with Crippen LogP contribution in [0.4, 0.5) is 4.79 Å². The maximum Gasteiger partial charge on any atom is 0.410 e. The highest BCUT2D eigenvalue weighted by atomic mass is 16.6. The van der Waals surface area contributed by atoms with Gasteiger partial charge in [-0.3, -0.25) is 24.2 Å². The van der Waals surface area contributed by atoms with Crippen molar-refractivity contribution in [3.05, 3.63) is 65.7 Å². The van der Waals surface area contributed by atoms with Gasteiger partial charge in [0.15, 0.2) is 0 Å². The van der Waals surface area contributed by atoms with Crippen LogP contribution in [0.1, 0.15) is 70.7 Å². The molecular formula is C36H49N5O7. The van der Waals surface area contributed by atoms with E-state index in [9.17, 15) is 19.2 Å². The normalized spacial score (nSPS) is 23.5. The van der Waals surface area contributed by atoms with Gasteiger partial charge in [-0.15, -0.1) is 0 Å². The summed E-state index contributed by atoms with van der Waals surface area (Å²) in [7, 11) is 1.49. The summed E-state index contributed by atoms with van der Waals surface area (Å²) in [5.41, 5.74) is 0.732. The molecule has 0 unspecified atom stereocenters. The van der Waals surface area contributed by atoms with Crippen LogP contribution in [-0.4, -0.2) is 108 Å². The molecule has 0 spiro atoms. The zero-order valence-electron chi connectivity index (χ0n) is 28.8. The van der Waals surface area contributed by atoms with Gasteiger partial charge in [0.25, 0.3) is 5.91 Å². The molecule has 6 atom stereocenters. The lowest BCUT2D eigenvalue weighted by Crippen LogP contribution is -2.64. The monoisotopic (exact) mass is 663 g/mol. The topological polar surface area (TPSA) is 130 Å². The minimum Gasteiger partial charge on any atom is -0.493 e. The van der Waals surface area contributed by atoms with E-state index in [1.807, 2.05) is 37.3 Å². The number of ether oxygens (including phenoxy) is 3. The highest BCUT2D eigenvalue weighted by Gasteiger charge is 2.47. The molecule has 3 heterocycles. The molecule has 0 aliphatic carbocycles. The number of para-hydroxylation sites is 1. The summed E-state index contributed by atoms with van der Waals surface area (Å²) < 4.78 is 17.2. The molecule has 3 aliphatic heterocycles. The van der Waals surface area contributed by atoms with E-state index in [0.29, 0.717) is 44.8 Å². The Kier molecular flexibility index (Phi) is 10.9. The Morgan fingerprint density at radius 3 is 2.44 bits per heavy atom. The summed E-state index contributed by atoms with van der Waals surface area (Å²) in [6.07, 6.45) is 0.697. The first-order chi connectivity index (χ1) is 22.9. The van der Waals surface area contributed by atoms with Crippen LogP contribution in [0.15, 0.2) is 54.6 Å². The van der Waals surface area contributed by atoms with Crippen LogP contribution >= 0.6 is 0 Å². The molecule has 12 heteroatoms. The number of fused-ring (bicyclic) bond motifs is 2. The van der Waals surface area contributed by atoms with E-state index in [1.54, 1.807) is 56.9 Å². The standard InChI is InChI=1S/C36H49N5O7/c1-7-46-26-19-25-20-41(29(22-40(25)21-26)33(43)37-28-17-18-47-30-16-12-11-15-27(28)30)34(44)31(24-13-9-8-10-14-24)38-32(42)23(2)39(6)35(45)48-36(3,4)5/h8-16,23,25-26,28-29,31H,7,17-22H2,1-6H3,(H,37,43)(H,38,42)/t23-,25+,26+,28+,29-,31-/m0/s1.